The van der Waals surface area contributed by atoms with Gasteiger partial charge in [-0.3, -0.25) is 0 Å². The molecule has 0 saturated heterocycles. The number of hydrogen-bond acceptors (Lipinski definition) is 5. The Hall–Kier alpha value is -3.02. The SMILES string of the molecule is CC(CC(c1ccc(O)cc1)c1ccc(O)cc1)NC[C@H](O)COc1ccccc1. The molecular weight excluding hydrogens is 378 g/mol. The summed E-state index contributed by atoms with van der Waals surface area (Å²) in [6.45, 7) is 2.73. The van der Waals surface area contributed by atoms with Crippen LogP contribution in [-0.2, 0) is 0 Å². The first-order valence-electron chi connectivity index (χ1n) is 10.2. The van der Waals surface area contributed by atoms with Crippen LogP contribution in [0.3, 0.4) is 0 Å². The van der Waals surface area contributed by atoms with Gasteiger partial charge in [-0.25, -0.2) is 0 Å². The summed E-state index contributed by atoms with van der Waals surface area (Å²) in [5.41, 5.74) is 2.17. The molecule has 3 aromatic rings. The maximum atomic E-state index is 10.2. The number of rotatable bonds is 10. The highest BCUT2D eigenvalue weighted by molar-refractivity contribution is 5.37. The third-order valence-electron chi connectivity index (χ3n) is 5.07. The fourth-order valence-corrected chi connectivity index (χ4v) is 3.42. The van der Waals surface area contributed by atoms with Crippen molar-refractivity contribution in [1.82, 2.24) is 5.32 Å². The van der Waals surface area contributed by atoms with Gasteiger partial charge in [-0.05, 0) is 60.9 Å². The smallest absolute Gasteiger partial charge is 0.119 e. The molecule has 1 unspecified atom stereocenters. The molecular formula is C25H29NO4. The van der Waals surface area contributed by atoms with Crippen LogP contribution in [0, 0.1) is 0 Å². The van der Waals surface area contributed by atoms with Crippen molar-refractivity contribution in [1.29, 1.82) is 0 Å². The average molecular weight is 408 g/mol. The summed E-state index contributed by atoms with van der Waals surface area (Å²) in [5.74, 6) is 1.29. The number of phenolic OH excluding ortho intramolecular Hbond substituents is 2. The number of aromatic hydroxyl groups is 2. The topological polar surface area (TPSA) is 82.0 Å². The maximum absolute atomic E-state index is 10.2. The molecule has 3 aromatic carbocycles. The van der Waals surface area contributed by atoms with Gasteiger partial charge < -0.3 is 25.4 Å². The predicted molar refractivity (Wildman–Crippen MR) is 118 cm³/mol. The Morgan fingerprint density at radius 3 is 1.87 bits per heavy atom. The number of ether oxygens (including phenoxy) is 1. The fraction of sp³-hybridized carbons (Fsp3) is 0.280. The van der Waals surface area contributed by atoms with Crippen molar-refractivity contribution < 1.29 is 20.1 Å². The molecule has 0 bridgehead atoms. The molecule has 0 radical (unpaired) electrons. The van der Waals surface area contributed by atoms with Crippen LogP contribution >= 0.6 is 0 Å². The molecule has 4 N–H and O–H groups in total. The first kappa shape index (κ1) is 21.7. The minimum absolute atomic E-state index is 0.0893. The quantitative estimate of drug-likeness (QED) is 0.408. The monoisotopic (exact) mass is 407 g/mol. The van der Waals surface area contributed by atoms with Crippen LogP contribution in [0.4, 0.5) is 0 Å². The normalized spacial score (nSPS) is 13.2. The Morgan fingerprint density at radius 2 is 1.33 bits per heavy atom. The summed E-state index contributed by atoms with van der Waals surface area (Å²) in [6.07, 6.45) is 0.176. The largest absolute Gasteiger partial charge is 0.508 e. The highest BCUT2D eigenvalue weighted by Crippen LogP contribution is 2.31. The van der Waals surface area contributed by atoms with Gasteiger partial charge in [0.25, 0.3) is 0 Å². The Morgan fingerprint density at radius 1 is 0.800 bits per heavy atom. The van der Waals surface area contributed by atoms with Crippen LogP contribution in [-0.4, -0.2) is 40.6 Å². The number of nitrogens with one attached hydrogen (secondary N) is 1. The predicted octanol–water partition coefficient (Wildman–Crippen LogP) is 4.04. The van der Waals surface area contributed by atoms with Gasteiger partial charge in [-0.2, -0.15) is 0 Å². The molecule has 0 saturated carbocycles. The molecule has 0 aliphatic rings. The number of phenols is 2. The second-order valence-electron chi connectivity index (χ2n) is 7.56. The van der Waals surface area contributed by atoms with E-state index in [2.05, 4.69) is 12.2 Å². The molecule has 3 rings (SSSR count). The summed E-state index contributed by atoms with van der Waals surface area (Å²) < 4.78 is 5.60. The van der Waals surface area contributed by atoms with Crippen LogP contribution in [0.15, 0.2) is 78.9 Å². The van der Waals surface area contributed by atoms with E-state index in [1.54, 1.807) is 24.3 Å². The minimum atomic E-state index is -0.617. The van der Waals surface area contributed by atoms with Crippen molar-refractivity contribution in [2.24, 2.45) is 0 Å². The van der Waals surface area contributed by atoms with E-state index >= 15 is 0 Å². The van der Waals surface area contributed by atoms with Crippen LogP contribution < -0.4 is 10.1 Å². The Labute approximate surface area is 177 Å². The maximum Gasteiger partial charge on any atom is 0.119 e. The summed E-state index contributed by atoms with van der Waals surface area (Å²) >= 11 is 0. The van der Waals surface area contributed by atoms with Crippen molar-refractivity contribution in [3.8, 4) is 17.2 Å². The molecule has 0 aliphatic heterocycles. The lowest BCUT2D eigenvalue weighted by Crippen LogP contribution is -2.37. The Balaban J connectivity index is 1.58. The minimum Gasteiger partial charge on any atom is -0.508 e. The molecule has 0 heterocycles. The summed E-state index contributed by atoms with van der Waals surface area (Å²) in [5, 5.41) is 32.9. The Bertz CT molecular complexity index is 836. The number of aliphatic hydroxyl groups excluding tert-OH is 1. The van der Waals surface area contributed by atoms with E-state index in [9.17, 15) is 15.3 Å². The number of aliphatic hydroxyl groups is 1. The highest BCUT2D eigenvalue weighted by atomic mass is 16.5. The van der Waals surface area contributed by atoms with E-state index in [0.29, 0.717) is 6.54 Å². The zero-order chi connectivity index (χ0) is 21.3. The lowest BCUT2D eigenvalue weighted by molar-refractivity contribution is 0.103. The third-order valence-corrected chi connectivity index (χ3v) is 5.07. The third kappa shape index (κ3) is 6.51. The summed E-state index contributed by atoms with van der Waals surface area (Å²) in [7, 11) is 0. The van der Waals surface area contributed by atoms with E-state index in [-0.39, 0.29) is 30.1 Å². The van der Waals surface area contributed by atoms with Gasteiger partial charge in [-0.1, -0.05) is 42.5 Å². The van der Waals surface area contributed by atoms with Crippen LogP contribution in [0.1, 0.15) is 30.4 Å². The molecule has 0 fully saturated rings. The van der Waals surface area contributed by atoms with E-state index in [1.807, 2.05) is 54.6 Å². The first-order valence-corrected chi connectivity index (χ1v) is 10.2. The summed E-state index contributed by atoms with van der Waals surface area (Å²) in [6, 6.07) is 24.0. The van der Waals surface area contributed by atoms with Crippen molar-refractivity contribution in [3.63, 3.8) is 0 Å². The van der Waals surface area contributed by atoms with E-state index < -0.39 is 6.10 Å². The van der Waals surface area contributed by atoms with E-state index in [0.717, 1.165) is 23.3 Å². The zero-order valence-corrected chi connectivity index (χ0v) is 17.1. The second-order valence-corrected chi connectivity index (χ2v) is 7.56. The molecule has 0 amide bonds. The van der Waals surface area contributed by atoms with Crippen molar-refractivity contribution >= 4 is 0 Å². The molecule has 0 spiro atoms. The standard InChI is InChI=1S/C25H29NO4/c1-18(26-16-23(29)17-30-24-5-3-2-4-6-24)15-25(19-7-11-21(27)12-8-19)20-9-13-22(28)14-10-20/h2-14,18,23,25-29H,15-17H2,1H3/t18?,23-/m0/s1. The molecule has 5 nitrogen and oxygen atoms in total. The zero-order valence-electron chi connectivity index (χ0n) is 17.1. The van der Waals surface area contributed by atoms with Gasteiger partial charge in [0.1, 0.15) is 30.0 Å². The Kier molecular flexibility index (Phi) is 7.71. The average Bonchev–Trinajstić information content (AvgIpc) is 2.77. The van der Waals surface area contributed by atoms with Gasteiger partial charge in [0.05, 0.1) is 0 Å². The van der Waals surface area contributed by atoms with E-state index in [4.69, 9.17) is 4.74 Å². The highest BCUT2D eigenvalue weighted by Gasteiger charge is 2.18. The van der Waals surface area contributed by atoms with Gasteiger partial charge in [0.15, 0.2) is 0 Å². The van der Waals surface area contributed by atoms with E-state index in [1.165, 1.54) is 0 Å². The van der Waals surface area contributed by atoms with Crippen molar-refractivity contribution in [2.45, 2.75) is 31.4 Å². The van der Waals surface area contributed by atoms with Crippen LogP contribution in [0.5, 0.6) is 17.2 Å². The summed E-state index contributed by atoms with van der Waals surface area (Å²) in [4.78, 5) is 0. The second kappa shape index (κ2) is 10.7. The molecule has 2 atom stereocenters. The first-order chi connectivity index (χ1) is 14.5. The molecule has 5 heteroatoms. The fourth-order valence-electron chi connectivity index (χ4n) is 3.42. The molecule has 0 aliphatic carbocycles. The van der Waals surface area contributed by atoms with Crippen LogP contribution in [0.2, 0.25) is 0 Å². The van der Waals surface area contributed by atoms with Gasteiger partial charge >= 0.3 is 0 Å². The molecule has 0 aromatic heterocycles. The van der Waals surface area contributed by atoms with Crippen LogP contribution in [0.25, 0.3) is 0 Å². The van der Waals surface area contributed by atoms with Gasteiger partial charge in [0.2, 0.25) is 0 Å². The lowest BCUT2D eigenvalue weighted by atomic mass is 9.86. The number of para-hydroxylation sites is 1. The molecule has 158 valence electrons. The number of benzene rings is 3. The number of hydrogen-bond donors (Lipinski definition) is 4. The molecule has 30 heavy (non-hydrogen) atoms. The van der Waals surface area contributed by atoms with Crippen molar-refractivity contribution in [2.75, 3.05) is 13.2 Å². The van der Waals surface area contributed by atoms with Gasteiger partial charge in [-0.15, -0.1) is 0 Å². The van der Waals surface area contributed by atoms with Crippen molar-refractivity contribution in [3.05, 3.63) is 90.0 Å². The van der Waals surface area contributed by atoms with Gasteiger partial charge in [0, 0.05) is 18.5 Å². The lowest BCUT2D eigenvalue weighted by Gasteiger charge is -2.24.